The second-order valence-electron chi connectivity index (χ2n) is 11.6. The molecule has 4 rings (SSSR count). The van der Waals surface area contributed by atoms with Gasteiger partial charge in [-0.2, -0.15) is 0 Å². The van der Waals surface area contributed by atoms with Crippen molar-refractivity contribution in [1.82, 2.24) is 9.55 Å². The molecule has 10 nitrogen and oxygen atoms in total. The number of aliphatic hydroxyl groups is 1. The molecule has 1 aromatic carbocycles. The Morgan fingerprint density at radius 2 is 1.68 bits per heavy atom. The van der Waals surface area contributed by atoms with E-state index in [2.05, 4.69) is 38.8 Å². The molecule has 1 unspecified atom stereocenters. The second-order valence-corrected chi connectivity index (χ2v) is 16.4. The number of nitrogens with zero attached hydrogens (tertiary/aromatic N) is 1. The summed E-state index contributed by atoms with van der Waals surface area (Å²) in [6.07, 6.45) is -1.14. The van der Waals surface area contributed by atoms with Gasteiger partial charge in [0.05, 0.1) is 12.5 Å². The highest BCUT2D eigenvalue weighted by Gasteiger charge is 2.59. The zero-order chi connectivity index (χ0) is 28.0. The molecule has 1 aliphatic heterocycles. The van der Waals surface area contributed by atoms with Gasteiger partial charge >= 0.3 is 5.69 Å². The standard InChI is InChI=1S/C27H36N2O8Si/c1-26(2,3)38(5,6)37-23-22(35-4)24(29-14-12-19(31)28-25(29)34)36-27(23,15-30)13-11-18-20(32)16-9-7-8-10-17(16)21(18)33/h7-10,12,14,18,22-24,30H,11,13,15H2,1-6H3,(H,28,31,34)/t22-,23?,24+,27+/m0/s1. The fourth-order valence-electron chi connectivity index (χ4n) is 5.04. The van der Waals surface area contributed by atoms with Crippen LogP contribution < -0.4 is 11.2 Å². The van der Waals surface area contributed by atoms with Crippen molar-refractivity contribution >= 4 is 19.9 Å². The Morgan fingerprint density at radius 1 is 1.08 bits per heavy atom. The minimum Gasteiger partial charge on any atom is -0.408 e. The molecule has 4 atom stereocenters. The first kappa shape index (κ1) is 28.3. The Kier molecular flexibility index (Phi) is 7.54. The summed E-state index contributed by atoms with van der Waals surface area (Å²) < 4.78 is 20.3. The minimum atomic E-state index is -2.48. The number of ketones is 2. The zero-order valence-corrected chi connectivity index (χ0v) is 23.6. The van der Waals surface area contributed by atoms with E-state index in [4.69, 9.17) is 13.9 Å². The number of methoxy groups -OCH3 is 1. The van der Waals surface area contributed by atoms with Crippen LogP contribution in [0, 0.1) is 5.92 Å². The molecule has 0 amide bonds. The SMILES string of the molecule is CO[C@H]1C(O[Si](C)(C)C(C)(C)C)[C@](CO)(CCC2C(=O)c3ccccc3C2=O)O[C@H]1n1ccc(=O)[nH]c1=O. The number of carbonyl (C=O) groups is 2. The van der Waals surface area contributed by atoms with E-state index >= 15 is 0 Å². The number of nitrogens with one attached hydrogen (secondary N) is 1. The third-order valence-corrected chi connectivity index (χ3v) is 12.7. The number of aromatic nitrogens is 2. The summed E-state index contributed by atoms with van der Waals surface area (Å²) in [6.45, 7) is 9.85. The number of aliphatic hydroxyl groups excluding tert-OH is 1. The maximum atomic E-state index is 13.1. The number of Topliss-reactive ketones (excluding diaryl/α,β-unsaturated/α-hetero) is 2. The molecule has 38 heavy (non-hydrogen) atoms. The van der Waals surface area contributed by atoms with Gasteiger partial charge in [-0.25, -0.2) is 4.79 Å². The number of hydrogen-bond acceptors (Lipinski definition) is 8. The summed E-state index contributed by atoms with van der Waals surface area (Å²) in [5.74, 6) is -1.41. The van der Waals surface area contributed by atoms with Gasteiger partial charge in [0.2, 0.25) is 0 Å². The van der Waals surface area contributed by atoms with E-state index in [1.807, 2.05) is 0 Å². The maximum Gasteiger partial charge on any atom is 0.330 e. The normalized spacial score (nSPS) is 26.2. The fraction of sp³-hybridized carbons (Fsp3) is 0.556. The Balaban J connectivity index is 1.73. The molecule has 1 saturated heterocycles. The van der Waals surface area contributed by atoms with Crippen LogP contribution in [0.15, 0.2) is 46.1 Å². The smallest absolute Gasteiger partial charge is 0.330 e. The number of fused-ring (bicyclic) bond motifs is 1. The van der Waals surface area contributed by atoms with E-state index in [1.54, 1.807) is 24.3 Å². The topological polar surface area (TPSA) is 137 Å². The number of H-pyrrole nitrogens is 1. The molecule has 0 bridgehead atoms. The van der Waals surface area contributed by atoms with E-state index in [0.29, 0.717) is 11.1 Å². The van der Waals surface area contributed by atoms with Gasteiger partial charge < -0.3 is 19.0 Å². The van der Waals surface area contributed by atoms with Crippen molar-refractivity contribution in [2.24, 2.45) is 5.92 Å². The lowest BCUT2D eigenvalue weighted by Gasteiger charge is -2.43. The molecule has 1 fully saturated rings. The quantitative estimate of drug-likeness (QED) is 0.382. The van der Waals surface area contributed by atoms with Crippen molar-refractivity contribution in [1.29, 1.82) is 0 Å². The number of hydrogen-bond donors (Lipinski definition) is 2. The Morgan fingerprint density at radius 3 is 2.18 bits per heavy atom. The van der Waals surface area contributed by atoms with Crippen LogP contribution in [-0.4, -0.2) is 66.1 Å². The highest BCUT2D eigenvalue weighted by atomic mass is 28.4. The van der Waals surface area contributed by atoms with E-state index in [-0.39, 0.29) is 29.4 Å². The first-order valence-corrected chi connectivity index (χ1v) is 15.7. The highest BCUT2D eigenvalue weighted by molar-refractivity contribution is 6.74. The number of aromatic amines is 1. The van der Waals surface area contributed by atoms with Gasteiger partial charge in [0.1, 0.15) is 17.8 Å². The van der Waals surface area contributed by atoms with Gasteiger partial charge in [-0.15, -0.1) is 0 Å². The maximum absolute atomic E-state index is 13.1. The molecule has 1 aliphatic carbocycles. The fourth-order valence-corrected chi connectivity index (χ4v) is 6.38. The largest absolute Gasteiger partial charge is 0.408 e. The van der Waals surface area contributed by atoms with Gasteiger partial charge in [-0.1, -0.05) is 45.0 Å². The summed E-state index contributed by atoms with van der Waals surface area (Å²) in [5, 5.41) is 10.6. The summed E-state index contributed by atoms with van der Waals surface area (Å²) >= 11 is 0. The van der Waals surface area contributed by atoms with Crippen LogP contribution in [0.5, 0.6) is 0 Å². The van der Waals surface area contributed by atoms with Crippen LogP contribution in [-0.2, 0) is 13.9 Å². The van der Waals surface area contributed by atoms with Crippen molar-refractivity contribution in [3.8, 4) is 0 Å². The van der Waals surface area contributed by atoms with Crippen LogP contribution in [0.4, 0.5) is 0 Å². The molecule has 1 aromatic heterocycles. The Labute approximate surface area is 222 Å². The number of rotatable bonds is 8. The van der Waals surface area contributed by atoms with Gasteiger partial charge in [0, 0.05) is 30.5 Å². The highest BCUT2D eigenvalue weighted by Crippen LogP contribution is 2.48. The van der Waals surface area contributed by atoms with E-state index in [1.165, 1.54) is 23.9 Å². The molecular weight excluding hydrogens is 508 g/mol. The van der Waals surface area contributed by atoms with Crippen LogP contribution in [0.25, 0.3) is 0 Å². The lowest BCUT2D eigenvalue weighted by atomic mass is 9.86. The predicted octanol–water partition coefficient (Wildman–Crippen LogP) is 2.68. The number of carbonyl (C=O) groups excluding carboxylic acids is 2. The number of benzene rings is 1. The molecule has 11 heteroatoms. The molecular formula is C27H36N2O8Si. The van der Waals surface area contributed by atoms with Gasteiger partial charge in [0.25, 0.3) is 5.56 Å². The second kappa shape index (κ2) is 10.1. The minimum absolute atomic E-state index is 0.105. The van der Waals surface area contributed by atoms with E-state index < -0.39 is 56.1 Å². The number of ether oxygens (including phenoxy) is 2. The van der Waals surface area contributed by atoms with Crippen LogP contribution >= 0.6 is 0 Å². The Bertz CT molecular complexity index is 1310. The zero-order valence-electron chi connectivity index (χ0n) is 22.6. The Hall–Kier alpha value is -2.70. The average molecular weight is 545 g/mol. The lowest BCUT2D eigenvalue weighted by Crippen LogP contribution is -2.55. The third kappa shape index (κ3) is 4.77. The van der Waals surface area contributed by atoms with Crippen LogP contribution in [0.2, 0.25) is 18.1 Å². The van der Waals surface area contributed by atoms with Crippen LogP contribution in [0.1, 0.15) is 60.6 Å². The van der Waals surface area contributed by atoms with Crippen molar-refractivity contribution in [2.45, 2.75) is 75.8 Å². The molecule has 206 valence electrons. The molecule has 2 aliphatic rings. The summed E-state index contributed by atoms with van der Waals surface area (Å²) in [4.78, 5) is 52.8. The molecule has 2 N–H and O–H groups in total. The monoisotopic (exact) mass is 544 g/mol. The first-order chi connectivity index (χ1) is 17.8. The summed E-state index contributed by atoms with van der Waals surface area (Å²) in [6, 6.07) is 7.94. The molecule has 0 radical (unpaired) electrons. The lowest BCUT2D eigenvalue weighted by molar-refractivity contribution is -0.132. The van der Waals surface area contributed by atoms with Gasteiger partial charge in [-0.3, -0.25) is 23.9 Å². The molecule has 2 aromatic rings. The van der Waals surface area contributed by atoms with Crippen molar-refractivity contribution in [2.75, 3.05) is 13.7 Å². The van der Waals surface area contributed by atoms with Crippen molar-refractivity contribution < 1.29 is 28.6 Å². The third-order valence-electron chi connectivity index (χ3n) is 8.29. The van der Waals surface area contributed by atoms with E-state index in [0.717, 1.165) is 0 Å². The predicted molar refractivity (Wildman–Crippen MR) is 142 cm³/mol. The molecule has 0 saturated carbocycles. The first-order valence-electron chi connectivity index (χ1n) is 12.7. The molecule has 0 spiro atoms. The molecule has 2 heterocycles. The van der Waals surface area contributed by atoms with Gasteiger partial charge in [0.15, 0.2) is 26.1 Å². The van der Waals surface area contributed by atoms with Crippen LogP contribution in [0.3, 0.4) is 0 Å². The summed E-state index contributed by atoms with van der Waals surface area (Å²) in [7, 11) is -1.01. The van der Waals surface area contributed by atoms with Crippen molar-refractivity contribution in [3.63, 3.8) is 0 Å². The van der Waals surface area contributed by atoms with Crippen molar-refractivity contribution in [3.05, 3.63) is 68.5 Å². The average Bonchev–Trinajstić information content (AvgIpc) is 3.28. The van der Waals surface area contributed by atoms with E-state index in [9.17, 15) is 24.3 Å². The summed E-state index contributed by atoms with van der Waals surface area (Å²) in [5.41, 5.74) is -1.84. The van der Waals surface area contributed by atoms with Gasteiger partial charge in [-0.05, 0) is 31.0 Å².